The standard InChI is InChI=1S/C35H55IN2O5/c1-20-15-22(17-36)42-29-28(20)32(4)11-12-34-19-33(34)10-9-25(31(2,3)23(33)7-8-24(34)35(32,37)30(29)40)43-27-18-38(13-14-41-27)26(39)16-21-5-6-21/h20-25,27-30,40H,5-19,37H2,1-4H3/t20-,22?,23?,24?,25?,27+,28+,29?,30+,32?,33?,34?,35+/m1/s1. The molecule has 2 saturated heterocycles. The maximum atomic E-state index is 12.8. The summed E-state index contributed by atoms with van der Waals surface area (Å²) in [5.74, 6) is 2.67. The molecular weight excluding hydrogens is 655 g/mol. The van der Waals surface area contributed by atoms with Gasteiger partial charge in [0.15, 0.2) is 6.29 Å². The zero-order valence-corrected chi connectivity index (χ0v) is 29.0. The van der Waals surface area contributed by atoms with Crippen molar-refractivity contribution in [3.8, 4) is 0 Å². The van der Waals surface area contributed by atoms with Gasteiger partial charge in [-0.3, -0.25) is 4.79 Å². The summed E-state index contributed by atoms with van der Waals surface area (Å²) in [7, 11) is 0. The number of carbonyl (C=O) groups is 1. The van der Waals surface area contributed by atoms with Crippen molar-refractivity contribution in [2.24, 2.45) is 57.0 Å². The topological polar surface area (TPSA) is 94.2 Å². The Morgan fingerprint density at radius 2 is 1.81 bits per heavy atom. The van der Waals surface area contributed by atoms with Crippen molar-refractivity contribution in [1.82, 2.24) is 4.90 Å². The van der Waals surface area contributed by atoms with E-state index in [-0.39, 0.29) is 46.8 Å². The molecule has 6 saturated carbocycles. The van der Waals surface area contributed by atoms with Gasteiger partial charge in [0.05, 0.1) is 43.1 Å². The van der Waals surface area contributed by atoms with Crippen molar-refractivity contribution in [2.75, 3.05) is 24.1 Å². The van der Waals surface area contributed by atoms with Crippen molar-refractivity contribution < 1.29 is 24.1 Å². The van der Waals surface area contributed by atoms with E-state index in [2.05, 4.69) is 50.3 Å². The number of aliphatic hydroxyl groups is 1. The molecule has 1 amide bonds. The minimum Gasteiger partial charge on any atom is -0.388 e. The maximum Gasteiger partial charge on any atom is 0.223 e. The summed E-state index contributed by atoms with van der Waals surface area (Å²) in [6.07, 6.45) is 11.6. The van der Waals surface area contributed by atoms with Gasteiger partial charge in [-0.15, -0.1) is 0 Å². The highest BCUT2D eigenvalue weighted by Gasteiger charge is 2.85. The molecule has 8 heteroatoms. The third-order valence-corrected chi connectivity index (χ3v) is 16.3. The Morgan fingerprint density at radius 3 is 2.56 bits per heavy atom. The van der Waals surface area contributed by atoms with Crippen LogP contribution in [-0.4, -0.2) is 76.3 Å². The molecule has 0 aromatic rings. The lowest BCUT2D eigenvalue weighted by Crippen LogP contribution is -2.70. The van der Waals surface area contributed by atoms with Crippen molar-refractivity contribution in [1.29, 1.82) is 0 Å². The molecule has 2 aliphatic heterocycles. The molecule has 43 heavy (non-hydrogen) atoms. The number of hydrogen-bond acceptors (Lipinski definition) is 6. The molecule has 0 bridgehead atoms. The van der Waals surface area contributed by atoms with Gasteiger partial charge in [-0.25, -0.2) is 0 Å². The van der Waals surface area contributed by atoms with Crippen LogP contribution in [0.4, 0.5) is 0 Å². The monoisotopic (exact) mass is 710 g/mol. The van der Waals surface area contributed by atoms with Gasteiger partial charge in [0.1, 0.15) is 0 Å². The fourth-order valence-electron chi connectivity index (χ4n) is 13.2. The van der Waals surface area contributed by atoms with E-state index in [1.54, 1.807) is 0 Å². The van der Waals surface area contributed by atoms with E-state index >= 15 is 0 Å². The summed E-state index contributed by atoms with van der Waals surface area (Å²) in [5, 5.41) is 12.2. The fourth-order valence-corrected chi connectivity index (χ4v) is 13.7. The van der Waals surface area contributed by atoms with E-state index in [1.165, 1.54) is 32.1 Å². The Morgan fingerprint density at radius 1 is 1.07 bits per heavy atom. The van der Waals surface area contributed by atoms with E-state index < -0.39 is 11.6 Å². The molecule has 8 fully saturated rings. The van der Waals surface area contributed by atoms with E-state index in [9.17, 15) is 9.90 Å². The van der Waals surface area contributed by atoms with Crippen LogP contribution in [0.1, 0.15) is 98.3 Å². The zero-order chi connectivity index (χ0) is 30.2. The number of aliphatic hydroxyl groups excluding tert-OH is 1. The van der Waals surface area contributed by atoms with Crippen LogP contribution in [0, 0.1) is 51.2 Å². The lowest BCUT2D eigenvalue weighted by Gasteiger charge is -2.63. The van der Waals surface area contributed by atoms with Gasteiger partial charge >= 0.3 is 0 Å². The third-order valence-electron chi connectivity index (χ3n) is 15.3. The highest BCUT2D eigenvalue weighted by Crippen LogP contribution is 2.87. The Balaban J connectivity index is 1.01. The summed E-state index contributed by atoms with van der Waals surface area (Å²) in [4.78, 5) is 14.8. The van der Waals surface area contributed by atoms with Crippen molar-refractivity contribution in [3.05, 3.63) is 0 Å². The molecule has 7 nitrogen and oxygen atoms in total. The van der Waals surface area contributed by atoms with Gasteiger partial charge in [-0.05, 0) is 115 Å². The fraction of sp³-hybridized carbons (Fsp3) is 0.971. The number of hydrogen-bond donors (Lipinski definition) is 2. The number of carbonyl (C=O) groups excluding carboxylic acids is 1. The van der Waals surface area contributed by atoms with Crippen LogP contribution in [0.25, 0.3) is 0 Å². The maximum absolute atomic E-state index is 12.8. The SMILES string of the molecule is C[C@@H]1CC(CI)OC2[C@H]1C1(C)CCC34CC35CCC(O[C@H]3CN(C(=O)CC6CC6)CCO3)C(C)(C)C5CCC4[C@]1(N)[C@H]2O. The summed E-state index contributed by atoms with van der Waals surface area (Å²) >= 11 is 2.44. The first-order valence-corrected chi connectivity index (χ1v) is 19.2. The van der Waals surface area contributed by atoms with Gasteiger partial charge in [0.2, 0.25) is 5.91 Å². The highest BCUT2D eigenvalue weighted by molar-refractivity contribution is 14.1. The first-order chi connectivity index (χ1) is 20.4. The predicted molar refractivity (Wildman–Crippen MR) is 172 cm³/mol. The van der Waals surface area contributed by atoms with Gasteiger partial charge in [0, 0.05) is 17.4 Å². The van der Waals surface area contributed by atoms with E-state index in [0.29, 0.717) is 61.1 Å². The average molecular weight is 711 g/mol. The average Bonchev–Trinajstić information content (AvgIpc) is 3.90. The first kappa shape index (κ1) is 30.3. The van der Waals surface area contributed by atoms with E-state index in [4.69, 9.17) is 19.9 Å². The molecule has 3 N–H and O–H groups in total. The molecule has 2 spiro atoms. The van der Waals surface area contributed by atoms with Crippen LogP contribution in [-0.2, 0) is 19.0 Å². The van der Waals surface area contributed by atoms with Crippen LogP contribution in [0.2, 0.25) is 0 Å². The Hall–Kier alpha value is -0.000000000000000125. The minimum absolute atomic E-state index is 0.0201. The molecule has 8 aliphatic rings. The van der Waals surface area contributed by atoms with E-state index in [0.717, 1.165) is 36.5 Å². The van der Waals surface area contributed by atoms with Crippen molar-refractivity contribution >= 4 is 28.5 Å². The molecule has 13 atom stereocenters. The number of rotatable bonds is 5. The van der Waals surface area contributed by atoms with Crippen molar-refractivity contribution in [3.63, 3.8) is 0 Å². The van der Waals surface area contributed by atoms with Crippen molar-refractivity contribution in [2.45, 2.75) is 135 Å². The molecule has 2 heterocycles. The lowest BCUT2D eigenvalue weighted by molar-refractivity contribution is -0.245. The number of nitrogens with zero attached hydrogens (tertiary/aromatic N) is 1. The molecule has 0 aromatic heterocycles. The molecule has 6 aliphatic carbocycles. The quantitative estimate of drug-likeness (QED) is 0.298. The Kier molecular flexibility index (Phi) is 7.06. The molecule has 0 aromatic carbocycles. The van der Waals surface area contributed by atoms with Crippen LogP contribution in [0.5, 0.6) is 0 Å². The molecule has 0 radical (unpaired) electrons. The van der Waals surface area contributed by atoms with Gasteiger partial charge in [-0.1, -0.05) is 50.3 Å². The number of nitrogens with two attached hydrogens (primary N) is 1. The van der Waals surface area contributed by atoms with Gasteiger partial charge in [0.25, 0.3) is 0 Å². The molecule has 8 rings (SSSR count). The van der Waals surface area contributed by atoms with Crippen LogP contribution >= 0.6 is 22.6 Å². The highest BCUT2D eigenvalue weighted by atomic mass is 127. The Bertz CT molecular complexity index is 1150. The first-order valence-electron chi connectivity index (χ1n) is 17.6. The Labute approximate surface area is 272 Å². The van der Waals surface area contributed by atoms with E-state index in [1.807, 2.05) is 4.90 Å². The summed E-state index contributed by atoms with van der Waals surface area (Å²) in [6, 6.07) is 0. The number of alkyl halides is 1. The number of halogens is 1. The molecule has 8 unspecified atom stereocenters. The van der Waals surface area contributed by atoms with Crippen LogP contribution < -0.4 is 5.73 Å². The minimum atomic E-state index is -0.590. The van der Waals surface area contributed by atoms with Crippen LogP contribution in [0.15, 0.2) is 0 Å². The second-order valence-corrected chi connectivity index (χ2v) is 18.2. The zero-order valence-electron chi connectivity index (χ0n) is 26.9. The number of ether oxygens (including phenoxy) is 3. The van der Waals surface area contributed by atoms with Crippen LogP contribution in [0.3, 0.4) is 0 Å². The number of amides is 1. The van der Waals surface area contributed by atoms with Gasteiger partial charge < -0.3 is 30.0 Å². The van der Waals surface area contributed by atoms with Gasteiger partial charge in [-0.2, -0.15) is 0 Å². The lowest BCUT2D eigenvalue weighted by atomic mass is 9.43. The smallest absolute Gasteiger partial charge is 0.223 e. The number of fused-ring (bicyclic) bond motifs is 4. The number of morpholine rings is 1. The predicted octanol–water partition coefficient (Wildman–Crippen LogP) is 5.30. The summed E-state index contributed by atoms with van der Waals surface area (Å²) in [6.45, 7) is 11.5. The molecule has 242 valence electrons. The second-order valence-electron chi connectivity index (χ2n) is 17.4. The second kappa shape index (κ2) is 10.0. The normalized spacial score (nSPS) is 55.0. The summed E-state index contributed by atoms with van der Waals surface area (Å²) < 4.78 is 20.6. The molecular formula is C35H55IN2O5. The largest absolute Gasteiger partial charge is 0.388 e. The summed E-state index contributed by atoms with van der Waals surface area (Å²) in [5.41, 5.74) is 7.60. The third kappa shape index (κ3) is 4.04.